The predicted octanol–water partition coefficient (Wildman–Crippen LogP) is 2.83. The molecule has 7 heteroatoms. The quantitative estimate of drug-likeness (QED) is 0.687. The van der Waals surface area contributed by atoms with Crippen molar-refractivity contribution >= 4 is 5.97 Å². The Balaban J connectivity index is 1.67. The lowest BCUT2D eigenvalue weighted by molar-refractivity contribution is 0.0429. The van der Waals surface area contributed by atoms with Crippen LogP contribution in [-0.4, -0.2) is 16.1 Å². The number of hydrogen-bond acceptors (Lipinski definition) is 6. The Morgan fingerprint density at radius 1 is 1.33 bits per heavy atom. The molecule has 0 aliphatic carbocycles. The molecule has 0 aliphatic heterocycles. The number of carbonyl (C=O) groups excluding carboxylic acids is 1. The van der Waals surface area contributed by atoms with Crippen molar-refractivity contribution in [3.8, 4) is 11.4 Å². The summed E-state index contributed by atoms with van der Waals surface area (Å²) in [7, 11) is 0. The number of ether oxygens (including phenoxy) is 1. The summed E-state index contributed by atoms with van der Waals surface area (Å²) in [6.07, 6.45) is 2.64. The molecular weight excluding hydrogens is 279 g/mol. The van der Waals surface area contributed by atoms with Crippen molar-refractivity contribution in [2.75, 3.05) is 0 Å². The Morgan fingerprint density at radius 3 is 3.00 bits per heavy atom. The van der Waals surface area contributed by atoms with Gasteiger partial charge in [0.15, 0.2) is 6.61 Å². The topological polar surface area (TPSA) is 78.4 Å². The van der Waals surface area contributed by atoms with Crippen LogP contribution in [0.15, 0.2) is 51.8 Å². The zero-order valence-electron chi connectivity index (χ0n) is 10.7. The number of carbonyl (C=O) groups is 1. The number of rotatable bonds is 4. The smallest absolute Gasteiger partial charge is 0.341 e. The average Bonchev–Trinajstić information content (AvgIpc) is 3.16. The fraction of sp³-hybridized carbons (Fsp3) is 0.0714. The van der Waals surface area contributed by atoms with Crippen LogP contribution in [0.1, 0.15) is 16.2 Å². The third-order valence-electron chi connectivity index (χ3n) is 2.63. The Hall–Kier alpha value is -2.96. The molecular formula is C14H9FN2O4. The summed E-state index contributed by atoms with van der Waals surface area (Å²) >= 11 is 0. The van der Waals surface area contributed by atoms with Gasteiger partial charge in [0, 0.05) is 5.56 Å². The van der Waals surface area contributed by atoms with Gasteiger partial charge in [-0.25, -0.2) is 9.18 Å². The van der Waals surface area contributed by atoms with Gasteiger partial charge in [-0.05, 0) is 18.2 Å². The molecule has 0 amide bonds. The van der Waals surface area contributed by atoms with Gasteiger partial charge in [0.1, 0.15) is 12.1 Å². The molecule has 0 radical (unpaired) electrons. The third-order valence-corrected chi connectivity index (χ3v) is 2.63. The van der Waals surface area contributed by atoms with Crippen LogP contribution in [0, 0.1) is 5.82 Å². The molecule has 0 N–H and O–H groups in total. The van der Waals surface area contributed by atoms with Crippen molar-refractivity contribution in [3.05, 3.63) is 60.1 Å². The van der Waals surface area contributed by atoms with E-state index in [0.717, 1.165) is 0 Å². The maximum absolute atomic E-state index is 13.1. The minimum atomic E-state index is -0.561. The van der Waals surface area contributed by atoms with E-state index in [9.17, 15) is 9.18 Å². The molecule has 0 fully saturated rings. The molecule has 3 rings (SSSR count). The zero-order valence-corrected chi connectivity index (χ0v) is 10.7. The minimum absolute atomic E-state index is 0.117. The standard InChI is InChI=1S/C14H9FN2O4/c15-11-3-1-2-9(6-11)13-16-12(21-17-13)8-20-14(18)10-4-5-19-7-10/h1-7H,8H2. The number of furan rings is 1. The van der Waals surface area contributed by atoms with E-state index in [1.807, 2.05) is 0 Å². The number of halogens is 1. The highest BCUT2D eigenvalue weighted by atomic mass is 19.1. The second-order valence-corrected chi connectivity index (χ2v) is 4.11. The molecule has 0 aliphatic rings. The van der Waals surface area contributed by atoms with Gasteiger partial charge in [-0.3, -0.25) is 0 Å². The maximum Gasteiger partial charge on any atom is 0.341 e. The molecule has 0 saturated carbocycles. The van der Waals surface area contributed by atoms with E-state index in [2.05, 4.69) is 10.1 Å². The number of aromatic nitrogens is 2. The van der Waals surface area contributed by atoms with Crippen molar-refractivity contribution in [2.24, 2.45) is 0 Å². The lowest BCUT2D eigenvalue weighted by atomic mass is 10.2. The van der Waals surface area contributed by atoms with E-state index in [-0.39, 0.29) is 18.3 Å². The fourth-order valence-electron chi connectivity index (χ4n) is 1.65. The van der Waals surface area contributed by atoms with Crippen LogP contribution in [0.2, 0.25) is 0 Å². The second-order valence-electron chi connectivity index (χ2n) is 4.11. The second kappa shape index (κ2) is 5.58. The summed E-state index contributed by atoms with van der Waals surface area (Å²) in [5, 5.41) is 3.71. The highest BCUT2D eigenvalue weighted by Gasteiger charge is 2.13. The fourth-order valence-corrected chi connectivity index (χ4v) is 1.65. The van der Waals surface area contributed by atoms with Gasteiger partial charge in [-0.15, -0.1) is 0 Å². The van der Waals surface area contributed by atoms with Crippen molar-refractivity contribution in [1.29, 1.82) is 0 Å². The summed E-state index contributed by atoms with van der Waals surface area (Å²) in [5.74, 6) is -0.616. The Labute approximate surface area is 118 Å². The molecule has 106 valence electrons. The van der Waals surface area contributed by atoms with E-state index < -0.39 is 11.8 Å². The maximum atomic E-state index is 13.1. The van der Waals surface area contributed by atoms with Crippen molar-refractivity contribution < 1.29 is 22.9 Å². The first-order valence-corrected chi connectivity index (χ1v) is 6.00. The Kier molecular flexibility index (Phi) is 3.46. The molecule has 0 spiro atoms. The Bertz CT molecular complexity index is 752. The largest absolute Gasteiger partial charge is 0.472 e. The molecule has 6 nitrogen and oxygen atoms in total. The first-order chi connectivity index (χ1) is 10.2. The third kappa shape index (κ3) is 2.97. The normalized spacial score (nSPS) is 10.5. The van der Waals surface area contributed by atoms with Gasteiger partial charge in [-0.2, -0.15) is 4.98 Å². The molecule has 0 atom stereocenters. The van der Waals surface area contributed by atoms with Gasteiger partial charge in [0.2, 0.25) is 5.82 Å². The van der Waals surface area contributed by atoms with Gasteiger partial charge in [0.05, 0.1) is 11.8 Å². The van der Waals surface area contributed by atoms with Crippen LogP contribution in [0.25, 0.3) is 11.4 Å². The number of hydrogen-bond donors (Lipinski definition) is 0. The SMILES string of the molecule is O=C(OCc1nc(-c2cccc(F)c2)no1)c1ccoc1. The van der Waals surface area contributed by atoms with Gasteiger partial charge < -0.3 is 13.7 Å². The van der Waals surface area contributed by atoms with E-state index in [1.165, 1.54) is 30.7 Å². The molecule has 2 aromatic heterocycles. The molecule has 0 unspecified atom stereocenters. The van der Waals surface area contributed by atoms with E-state index in [1.54, 1.807) is 12.1 Å². The first-order valence-electron chi connectivity index (χ1n) is 6.00. The summed E-state index contributed by atoms with van der Waals surface area (Å²) in [6.45, 7) is -0.174. The summed E-state index contributed by atoms with van der Waals surface area (Å²) < 4.78 is 27.8. The number of nitrogens with zero attached hydrogens (tertiary/aromatic N) is 2. The first kappa shape index (κ1) is 13.0. The van der Waals surface area contributed by atoms with Gasteiger partial charge in [-0.1, -0.05) is 17.3 Å². The highest BCUT2D eigenvalue weighted by Crippen LogP contribution is 2.17. The minimum Gasteiger partial charge on any atom is -0.472 e. The lowest BCUT2D eigenvalue weighted by Crippen LogP contribution is -2.04. The molecule has 3 aromatic rings. The number of esters is 1. The van der Waals surface area contributed by atoms with Crippen LogP contribution >= 0.6 is 0 Å². The molecule has 21 heavy (non-hydrogen) atoms. The predicted molar refractivity (Wildman–Crippen MR) is 67.5 cm³/mol. The van der Waals surface area contributed by atoms with Crippen LogP contribution in [0.3, 0.4) is 0 Å². The van der Waals surface area contributed by atoms with E-state index in [4.69, 9.17) is 13.7 Å². The van der Waals surface area contributed by atoms with Gasteiger partial charge >= 0.3 is 5.97 Å². The summed E-state index contributed by atoms with van der Waals surface area (Å²) in [6, 6.07) is 7.27. The summed E-state index contributed by atoms with van der Waals surface area (Å²) in [5.41, 5.74) is 0.769. The zero-order chi connectivity index (χ0) is 14.7. The lowest BCUT2D eigenvalue weighted by Gasteiger charge is -1.97. The molecule has 0 saturated heterocycles. The summed E-state index contributed by atoms with van der Waals surface area (Å²) in [4.78, 5) is 15.6. The van der Waals surface area contributed by atoms with E-state index >= 15 is 0 Å². The molecule has 1 aromatic carbocycles. The van der Waals surface area contributed by atoms with Crippen LogP contribution in [0.4, 0.5) is 4.39 Å². The Morgan fingerprint density at radius 2 is 2.24 bits per heavy atom. The highest BCUT2D eigenvalue weighted by molar-refractivity contribution is 5.88. The van der Waals surface area contributed by atoms with Gasteiger partial charge in [0.25, 0.3) is 5.89 Å². The molecule has 0 bridgehead atoms. The van der Waals surface area contributed by atoms with Crippen molar-refractivity contribution in [2.45, 2.75) is 6.61 Å². The van der Waals surface area contributed by atoms with Crippen molar-refractivity contribution in [1.82, 2.24) is 10.1 Å². The van der Waals surface area contributed by atoms with E-state index in [0.29, 0.717) is 11.1 Å². The van der Waals surface area contributed by atoms with Crippen LogP contribution in [0.5, 0.6) is 0 Å². The average molecular weight is 288 g/mol. The molecule has 2 heterocycles. The number of benzene rings is 1. The van der Waals surface area contributed by atoms with Crippen molar-refractivity contribution in [3.63, 3.8) is 0 Å². The van der Waals surface area contributed by atoms with Crippen LogP contribution in [-0.2, 0) is 11.3 Å². The monoisotopic (exact) mass is 288 g/mol. The van der Waals surface area contributed by atoms with Crippen LogP contribution < -0.4 is 0 Å².